The summed E-state index contributed by atoms with van der Waals surface area (Å²) in [4.78, 5) is 0. The van der Waals surface area contributed by atoms with E-state index in [1.807, 2.05) is 30.3 Å². The van der Waals surface area contributed by atoms with E-state index in [1.54, 1.807) is 10.9 Å². The summed E-state index contributed by atoms with van der Waals surface area (Å²) in [6.07, 6.45) is 14.6. The average molecular weight is 748 g/mol. The van der Waals surface area contributed by atoms with Gasteiger partial charge in [0.1, 0.15) is 0 Å². The molecule has 2 saturated carbocycles. The number of halogens is 1. The monoisotopic (exact) mass is 748 g/mol. The Balaban J connectivity index is 0.000000612. The molecule has 0 saturated heterocycles. The zero-order valence-electron chi connectivity index (χ0n) is 25.6. The Hall–Kier alpha value is -0.751. The van der Waals surface area contributed by atoms with Crippen LogP contribution in [0.25, 0.3) is 0 Å². The summed E-state index contributed by atoms with van der Waals surface area (Å²) in [6, 6.07) is 36.2. The van der Waals surface area contributed by atoms with Crippen LogP contribution in [0.15, 0.2) is 97.1 Å². The van der Waals surface area contributed by atoms with Crippen LogP contribution in [0.4, 0.5) is 0 Å². The smallest absolute Gasteiger partial charge is 0.0421 e. The van der Waals surface area contributed by atoms with Crippen LogP contribution >= 0.6 is 38.4 Å². The van der Waals surface area contributed by atoms with E-state index >= 15 is 0 Å². The van der Waals surface area contributed by atoms with Gasteiger partial charge in [-0.3, -0.25) is 0 Å². The van der Waals surface area contributed by atoms with Crippen LogP contribution in [0.1, 0.15) is 87.8 Å². The average Bonchev–Trinajstić information content (AvgIpc) is 3.73. The van der Waals surface area contributed by atoms with Crippen molar-refractivity contribution in [1.82, 2.24) is 0 Å². The first-order chi connectivity index (χ1) is 19.9. The fourth-order valence-electron chi connectivity index (χ4n) is 6.97. The van der Waals surface area contributed by atoms with Gasteiger partial charge >= 0.3 is 0 Å². The topological polar surface area (TPSA) is 0 Å². The molecule has 2 fully saturated rings. The fraction of sp³-hybridized carbons (Fsp3) is 0.421. The predicted molar refractivity (Wildman–Crippen MR) is 194 cm³/mol. The van der Waals surface area contributed by atoms with Crippen molar-refractivity contribution in [2.24, 2.45) is 0 Å². The maximum absolute atomic E-state index is 2.95. The van der Waals surface area contributed by atoms with Gasteiger partial charge in [-0.15, -0.1) is 10.9 Å². The van der Waals surface area contributed by atoms with Gasteiger partial charge in [0.05, 0.1) is 0 Å². The van der Waals surface area contributed by atoms with Crippen molar-refractivity contribution in [3.05, 3.63) is 114 Å². The van der Waals surface area contributed by atoms with Crippen molar-refractivity contribution in [3.8, 4) is 0 Å². The molecule has 0 heterocycles. The van der Waals surface area contributed by atoms with Gasteiger partial charge in [-0.2, -0.15) is 6.07 Å². The third kappa shape index (κ3) is 8.49. The molecule has 1 atom stereocenters. The van der Waals surface area contributed by atoms with Gasteiger partial charge in [-0.1, -0.05) is 137 Å². The maximum Gasteiger partial charge on any atom is 0.0421 e. The Bertz CT molecular complexity index is 1210. The molecule has 230 valence electrons. The second-order valence-corrected chi connectivity index (χ2v) is 20.6. The van der Waals surface area contributed by atoms with E-state index in [-0.39, 0.29) is 28.2 Å². The number of hydrogen-bond donors (Lipinski definition) is 0. The third-order valence-corrected chi connectivity index (χ3v) is 17.7. The Morgan fingerprint density at radius 2 is 1.07 bits per heavy atom. The second kappa shape index (κ2) is 16.5. The molecule has 0 aliphatic heterocycles. The van der Waals surface area contributed by atoms with Crippen molar-refractivity contribution in [1.29, 1.82) is 0 Å². The van der Waals surface area contributed by atoms with E-state index in [0.717, 1.165) is 11.3 Å². The number of hydrogen-bond acceptors (Lipinski definition) is 0. The van der Waals surface area contributed by atoms with Gasteiger partial charge in [-0.05, 0) is 68.4 Å². The van der Waals surface area contributed by atoms with Crippen molar-refractivity contribution < 1.29 is 17.1 Å². The van der Waals surface area contributed by atoms with Crippen LogP contribution in [0.5, 0.6) is 0 Å². The van der Waals surface area contributed by atoms with Crippen LogP contribution in [-0.4, -0.2) is 11.3 Å². The molecule has 42 heavy (non-hydrogen) atoms. The third-order valence-electron chi connectivity index (χ3n) is 9.09. The van der Waals surface area contributed by atoms with Crippen LogP contribution < -0.4 is 15.9 Å². The predicted octanol–water partition coefficient (Wildman–Crippen LogP) is 10.9. The van der Waals surface area contributed by atoms with Crippen LogP contribution in [0.3, 0.4) is 0 Å². The van der Waals surface area contributed by atoms with Crippen molar-refractivity contribution in [2.45, 2.75) is 99.5 Å². The van der Waals surface area contributed by atoms with Crippen molar-refractivity contribution >= 4 is 54.3 Å². The van der Waals surface area contributed by atoms with E-state index in [2.05, 4.69) is 110 Å². The van der Waals surface area contributed by atoms with E-state index in [4.69, 9.17) is 0 Å². The Morgan fingerprint density at radius 1 is 0.667 bits per heavy atom. The summed E-state index contributed by atoms with van der Waals surface area (Å²) < 4.78 is 0.228. The van der Waals surface area contributed by atoms with Gasteiger partial charge in [0.2, 0.25) is 0 Å². The van der Waals surface area contributed by atoms with E-state index in [0.29, 0.717) is 0 Å². The van der Waals surface area contributed by atoms with Gasteiger partial charge in [-0.25, -0.2) is 12.1 Å². The minimum absolute atomic E-state index is 0. The molecule has 4 aromatic carbocycles. The molecule has 0 nitrogen and oxygen atoms in total. The molecule has 6 rings (SSSR count). The zero-order valence-corrected chi connectivity index (χ0v) is 30.6. The van der Waals surface area contributed by atoms with E-state index in [1.165, 1.54) is 85.9 Å². The SMILES string of the molecule is Cc1ccc(P(c2ccc(C)cc2)[c-]2cccc2C(C)(I)P(C2CCCCC2)C2CCCCC2)cc1.[Fe].[cH-]1[cH-][cH-][cH-][cH-]1. The molecule has 0 N–H and O–H groups in total. The summed E-state index contributed by atoms with van der Waals surface area (Å²) in [5.74, 6) is 0. The minimum atomic E-state index is -0.573. The fourth-order valence-corrected chi connectivity index (χ4v) is 16.9. The van der Waals surface area contributed by atoms with E-state index < -0.39 is 7.92 Å². The summed E-state index contributed by atoms with van der Waals surface area (Å²) in [5, 5.41) is 4.58. The normalized spacial score (nSPS) is 17.8. The first kappa shape index (κ1) is 34.1. The first-order valence-corrected chi connectivity index (χ1v) is 19.7. The van der Waals surface area contributed by atoms with E-state index in [9.17, 15) is 0 Å². The molecule has 0 amide bonds. The minimum Gasteiger partial charge on any atom is -0.748 e. The van der Waals surface area contributed by atoms with Gasteiger partial charge in [0.15, 0.2) is 0 Å². The molecule has 0 aromatic heterocycles. The van der Waals surface area contributed by atoms with Gasteiger partial charge in [0, 0.05) is 20.2 Å². The molecule has 2 aliphatic carbocycles. The van der Waals surface area contributed by atoms with Crippen molar-refractivity contribution in [3.63, 3.8) is 0 Å². The summed E-state index contributed by atoms with van der Waals surface area (Å²) in [5.41, 5.74) is 6.24. The summed E-state index contributed by atoms with van der Waals surface area (Å²) in [7, 11) is -0.656. The van der Waals surface area contributed by atoms with Gasteiger partial charge in [0.25, 0.3) is 0 Å². The summed E-state index contributed by atoms with van der Waals surface area (Å²) >= 11 is 2.95. The molecule has 0 bridgehead atoms. The number of benzene rings is 2. The number of aryl methyl sites for hydroxylation is 2. The summed E-state index contributed by atoms with van der Waals surface area (Å²) in [6.45, 7) is 7.05. The quantitative estimate of drug-likeness (QED) is 0.0581. The molecule has 4 aromatic rings. The molecule has 2 aliphatic rings. The largest absolute Gasteiger partial charge is 0.748 e. The standard InChI is InChI=1S/C33H42IP2.C5H5.Fe/c1-25-17-21-27(22-18-25)35(28-23-19-26(2)20-24-28)32-16-10-15-31(32)33(3,34)36(29-11-6-4-7-12-29)30-13-8-5-9-14-30;1-2-4-5-3-1;/h10,15-24,29-30H,4-9,11-14H2,1-3H3;1-5H;/q-1;-5;. The molecule has 4 heteroatoms. The first-order valence-electron chi connectivity index (χ1n) is 15.8. The zero-order chi connectivity index (χ0) is 28.7. The van der Waals surface area contributed by atoms with Crippen LogP contribution in [-0.2, 0) is 20.2 Å². The Kier molecular flexibility index (Phi) is 13.4. The van der Waals surface area contributed by atoms with Crippen molar-refractivity contribution in [2.75, 3.05) is 0 Å². The number of alkyl halides is 1. The molecular formula is C38H47FeIP2-6. The Morgan fingerprint density at radius 3 is 1.48 bits per heavy atom. The molecule has 0 radical (unpaired) electrons. The molecule has 1 unspecified atom stereocenters. The number of rotatable bonds is 7. The molecular weight excluding hydrogens is 701 g/mol. The second-order valence-electron chi connectivity index (χ2n) is 12.2. The Labute approximate surface area is 282 Å². The van der Waals surface area contributed by atoms with Crippen LogP contribution in [0, 0.1) is 13.8 Å². The maximum atomic E-state index is 2.95. The van der Waals surface area contributed by atoms with Crippen LogP contribution in [0.2, 0.25) is 0 Å². The molecule has 0 spiro atoms. The van der Waals surface area contributed by atoms with Gasteiger partial charge < -0.3 is 30.3 Å².